The topological polar surface area (TPSA) is 52.6 Å². The van der Waals surface area contributed by atoms with Crippen molar-refractivity contribution in [2.75, 3.05) is 13.2 Å². The molecular formula is C13H16O4. The zero-order valence-electron chi connectivity index (χ0n) is 9.69. The molecule has 0 heterocycles. The van der Waals surface area contributed by atoms with Crippen molar-refractivity contribution in [3.05, 3.63) is 37.5 Å². The molecular weight excluding hydrogens is 220 g/mol. The lowest BCUT2D eigenvalue weighted by molar-refractivity contribution is -0.167. The third kappa shape index (κ3) is 2.84. The van der Waals surface area contributed by atoms with Gasteiger partial charge in [-0.25, -0.2) is 0 Å². The summed E-state index contributed by atoms with van der Waals surface area (Å²) in [7, 11) is 0. The molecule has 0 unspecified atom stereocenters. The Kier molecular flexibility index (Phi) is 4.69. The molecule has 0 aromatic heterocycles. The van der Waals surface area contributed by atoms with Gasteiger partial charge in [-0.1, -0.05) is 37.5 Å². The summed E-state index contributed by atoms with van der Waals surface area (Å²) in [6, 6.07) is 0. The lowest BCUT2D eigenvalue weighted by Crippen LogP contribution is -2.39. The highest BCUT2D eigenvalue weighted by Crippen LogP contribution is 2.35. The second-order valence-electron chi connectivity index (χ2n) is 3.69. The Morgan fingerprint density at radius 3 is 2.06 bits per heavy atom. The smallest absolute Gasteiger partial charge is 0.327 e. The first-order valence-electron chi connectivity index (χ1n) is 5.41. The van der Waals surface area contributed by atoms with Crippen LogP contribution < -0.4 is 0 Å². The summed E-state index contributed by atoms with van der Waals surface area (Å²) in [4.78, 5) is 23.8. The summed E-state index contributed by atoms with van der Waals surface area (Å²) < 4.78 is 9.89. The van der Waals surface area contributed by atoms with Crippen LogP contribution in [0.5, 0.6) is 0 Å². The van der Waals surface area contributed by atoms with E-state index in [0.717, 1.165) is 0 Å². The fraction of sp³-hybridized carbons (Fsp3) is 0.385. The lowest BCUT2D eigenvalue weighted by atomic mass is 9.88. The minimum Gasteiger partial charge on any atom is -0.460 e. The number of hydrogen-bond donors (Lipinski definition) is 0. The van der Waals surface area contributed by atoms with E-state index < -0.39 is 17.4 Å². The molecule has 1 aliphatic rings. The van der Waals surface area contributed by atoms with Gasteiger partial charge in [-0.3, -0.25) is 9.59 Å². The van der Waals surface area contributed by atoms with Crippen LogP contribution in [0.15, 0.2) is 37.5 Å². The molecule has 4 nitrogen and oxygen atoms in total. The predicted octanol–water partition coefficient (Wildman–Crippen LogP) is 1.78. The van der Waals surface area contributed by atoms with Crippen LogP contribution in [0, 0.1) is 5.41 Å². The Labute approximate surface area is 101 Å². The number of rotatable bonds is 6. The normalized spacial score (nSPS) is 16.2. The Morgan fingerprint density at radius 2 is 1.71 bits per heavy atom. The number of carbonyl (C=O) groups is 2. The molecule has 0 saturated heterocycles. The van der Waals surface area contributed by atoms with Crippen molar-refractivity contribution in [3.63, 3.8) is 0 Å². The van der Waals surface area contributed by atoms with Crippen LogP contribution in [-0.2, 0) is 19.1 Å². The van der Waals surface area contributed by atoms with E-state index in [1.54, 1.807) is 12.2 Å². The summed E-state index contributed by atoms with van der Waals surface area (Å²) in [6.45, 7) is 7.08. The zero-order valence-corrected chi connectivity index (χ0v) is 9.69. The quantitative estimate of drug-likeness (QED) is 0.401. The van der Waals surface area contributed by atoms with Crippen molar-refractivity contribution in [2.45, 2.75) is 12.8 Å². The van der Waals surface area contributed by atoms with E-state index >= 15 is 0 Å². The van der Waals surface area contributed by atoms with Gasteiger partial charge < -0.3 is 9.47 Å². The van der Waals surface area contributed by atoms with Crippen LogP contribution in [0.25, 0.3) is 0 Å². The molecule has 0 radical (unpaired) electrons. The summed E-state index contributed by atoms with van der Waals surface area (Å²) in [5, 5.41) is 0. The van der Waals surface area contributed by atoms with E-state index in [0.29, 0.717) is 12.8 Å². The molecule has 0 atom stereocenters. The molecule has 0 aliphatic heterocycles. The minimum absolute atomic E-state index is 0.0865. The van der Waals surface area contributed by atoms with Crippen molar-refractivity contribution in [3.8, 4) is 0 Å². The predicted molar refractivity (Wildman–Crippen MR) is 63.1 cm³/mol. The maximum atomic E-state index is 11.9. The largest absolute Gasteiger partial charge is 0.460 e. The van der Waals surface area contributed by atoms with Gasteiger partial charge in [0.25, 0.3) is 0 Å². The summed E-state index contributed by atoms with van der Waals surface area (Å²) >= 11 is 0. The van der Waals surface area contributed by atoms with Gasteiger partial charge in [0.2, 0.25) is 0 Å². The molecule has 0 fully saturated rings. The molecule has 0 aromatic rings. The number of allylic oxidation sites excluding steroid dienone is 1. The molecule has 1 rings (SSSR count). The maximum Gasteiger partial charge on any atom is 0.327 e. The molecule has 92 valence electrons. The molecule has 0 aromatic carbocycles. The summed E-state index contributed by atoms with van der Waals surface area (Å²) in [6.07, 6.45) is 7.30. The van der Waals surface area contributed by atoms with Crippen molar-refractivity contribution in [2.24, 2.45) is 5.41 Å². The van der Waals surface area contributed by atoms with Gasteiger partial charge in [0.05, 0.1) is 0 Å². The van der Waals surface area contributed by atoms with Crippen LogP contribution in [0.2, 0.25) is 0 Å². The Hall–Kier alpha value is -1.84. The number of carbonyl (C=O) groups excluding carboxylic acids is 2. The fourth-order valence-electron chi connectivity index (χ4n) is 1.63. The lowest BCUT2D eigenvalue weighted by Gasteiger charge is -2.22. The van der Waals surface area contributed by atoms with Gasteiger partial charge in [-0.05, 0) is 12.8 Å². The van der Waals surface area contributed by atoms with Crippen LogP contribution in [-0.4, -0.2) is 25.2 Å². The number of esters is 2. The standard InChI is InChI=1S/C13H16O4/c1-3-9-16-11(14)13(7-5-6-8-13)12(15)17-10-4-2/h3-5,7H,1-2,6,8-10H2. The maximum absolute atomic E-state index is 11.9. The zero-order chi connectivity index (χ0) is 12.7. The first kappa shape index (κ1) is 13.2. The average molecular weight is 236 g/mol. The van der Waals surface area contributed by atoms with Gasteiger partial charge >= 0.3 is 11.9 Å². The third-order valence-electron chi connectivity index (χ3n) is 2.50. The van der Waals surface area contributed by atoms with Crippen molar-refractivity contribution < 1.29 is 19.1 Å². The van der Waals surface area contributed by atoms with Gasteiger partial charge in [-0.15, -0.1) is 0 Å². The van der Waals surface area contributed by atoms with Crippen LogP contribution in [0.3, 0.4) is 0 Å². The second-order valence-corrected chi connectivity index (χ2v) is 3.69. The van der Waals surface area contributed by atoms with Crippen LogP contribution in [0.4, 0.5) is 0 Å². The number of ether oxygens (including phenoxy) is 2. The van der Waals surface area contributed by atoms with Crippen LogP contribution in [0.1, 0.15) is 12.8 Å². The summed E-state index contributed by atoms with van der Waals surface area (Å²) in [5.41, 5.74) is -1.29. The van der Waals surface area contributed by atoms with E-state index in [1.165, 1.54) is 12.2 Å². The molecule has 1 aliphatic carbocycles. The molecule has 0 spiro atoms. The minimum atomic E-state index is -1.29. The Morgan fingerprint density at radius 1 is 1.18 bits per heavy atom. The molecule has 0 amide bonds. The monoisotopic (exact) mass is 236 g/mol. The van der Waals surface area contributed by atoms with Crippen molar-refractivity contribution in [1.82, 2.24) is 0 Å². The Bertz CT molecular complexity index is 330. The molecule has 0 bridgehead atoms. The number of hydrogen-bond acceptors (Lipinski definition) is 4. The van der Waals surface area contributed by atoms with E-state index in [4.69, 9.17) is 9.47 Å². The van der Waals surface area contributed by atoms with Gasteiger partial charge in [0, 0.05) is 0 Å². The van der Waals surface area contributed by atoms with E-state index in [-0.39, 0.29) is 13.2 Å². The van der Waals surface area contributed by atoms with E-state index in [1.807, 2.05) is 0 Å². The first-order valence-corrected chi connectivity index (χ1v) is 5.41. The highest BCUT2D eigenvalue weighted by atomic mass is 16.6. The van der Waals surface area contributed by atoms with Gasteiger partial charge in [0.15, 0.2) is 5.41 Å². The first-order chi connectivity index (χ1) is 8.17. The molecule has 0 N–H and O–H groups in total. The van der Waals surface area contributed by atoms with E-state index in [2.05, 4.69) is 13.2 Å². The highest BCUT2D eigenvalue weighted by Gasteiger charge is 2.48. The fourth-order valence-corrected chi connectivity index (χ4v) is 1.63. The molecule has 17 heavy (non-hydrogen) atoms. The average Bonchev–Trinajstić information content (AvgIpc) is 2.83. The van der Waals surface area contributed by atoms with E-state index in [9.17, 15) is 9.59 Å². The molecule has 4 heteroatoms. The third-order valence-corrected chi connectivity index (χ3v) is 2.50. The van der Waals surface area contributed by atoms with Crippen molar-refractivity contribution >= 4 is 11.9 Å². The molecule has 0 saturated carbocycles. The highest BCUT2D eigenvalue weighted by molar-refractivity contribution is 6.02. The summed E-state index contributed by atoms with van der Waals surface area (Å²) in [5.74, 6) is -1.17. The van der Waals surface area contributed by atoms with Gasteiger partial charge in [-0.2, -0.15) is 0 Å². The van der Waals surface area contributed by atoms with Crippen molar-refractivity contribution in [1.29, 1.82) is 0 Å². The van der Waals surface area contributed by atoms with Gasteiger partial charge in [0.1, 0.15) is 13.2 Å². The Balaban J connectivity index is 2.78. The van der Waals surface area contributed by atoms with Crippen LogP contribution >= 0.6 is 0 Å². The second kappa shape index (κ2) is 6.03. The SMILES string of the molecule is C=CCOC(=O)C1(C(=O)OCC=C)C=CCC1.